The Labute approximate surface area is 134 Å². The Morgan fingerprint density at radius 2 is 2.10 bits per heavy atom. The van der Waals surface area contributed by atoms with E-state index in [1.807, 2.05) is 11.3 Å². The average Bonchev–Trinajstić information content (AvgIpc) is 3.13. The van der Waals surface area contributed by atoms with E-state index in [1.165, 1.54) is 37.8 Å². The summed E-state index contributed by atoms with van der Waals surface area (Å²) in [6.07, 6.45) is 6.58. The van der Waals surface area contributed by atoms with Crippen molar-refractivity contribution in [2.75, 3.05) is 13.1 Å². The minimum atomic E-state index is 0.386. The normalized spacial score (nSPS) is 17.4. The second-order valence-electron chi connectivity index (χ2n) is 7.62. The maximum Gasteiger partial charge on any atom is 0.0244 e. The molecule has 2 N–H and O–H groups in total. The number of nitrogens with two attached hydrogens (primary N) is 1. The van der Waals surface area contributed by atoms with Gasteiger partial charge in [0, 0.05) is 12.6 Å². The fraction of sp³-hybridized carbons (Fsp3) is 0.778. The number of hydrogen-bond donors (Lipinski definition) is 1. The molecule has 21 heavy (non-hydrogen) atoms. The molecule has 0 aromatic carbocycles. The minimum absolute atomic E-state index is 0.386. The second-order valence-corrected chi connectivity index (χ2v) is 8.40. The van der Waals surface area contributed by atoms with Crippen molar-refractivity contribution in [3.05, 3.63) is 22.4 Å². The van der Waals surface area contributed by atoms with Crippen molar-refractivity contribution in [3.63, 3.8) is 0 Å². The zero-order valence-corrected chi connectivity index (χ0v) is 14.8. The maximum absolute atomic E-state index is 5.80. The highest BCUT2D eigenvalue weighted by Gasteiger charge is 2.29. The van der Waals surface area contributed by atoms with Crippen LogP contribution in [-0.4, -0.2) is 24.0 Å². The molecule has 1 fully saturated rings. The minimum Gasteiger partial charge on any atom is -0.330 e. The van der Waals surface area contributed by atoms with Gasteiger partial charge in [0.25, 0.3) is 0 Å². The van der Waals surface area contributed by atoms with Crippen molar-refractivity contribution < 1.29 is 0 Å². The lowest BCUT2D eigenvalue weighted by atomic mass is 9.76. The molecule has 1 aliphatic carbocycles. The van der Waals surface area contributed by atoms with Crippen LogP contribution in [0.15, 0.2) is 16.8 Å². The van der Waals surface area contributed by atoms with E-state index in [4.69, 9.17) is 5.73 Å². The van der Waals surface area contributed by atoms with Crippen molar-refractivity contribution >= 4 is 11.3 Å². The van der Waals surface area contributed by atoms with E-state index >= 15 is 0 Å². The summed E-state index contributed by atoms with van der Waals surface area (Å²) < 4.78 is 0. The Morgan fingerprint density at radius 1 is 1.33 bits per heavy atom. The van der Waals surface area contributed by atoms with Crippen molar-refractivity contribution in [2.24, 2.45) is 17.1 Å². The first-order chi connectivity index (χ1) is 10.0. The van der Waals surface area contributed by atoms with E-state index in [-0.39, 0.29) is 0 Å². The molecule has 0 spiro atoms. The molecule has 1 aromatic heterocycles. The molecule has 0 aliphatic heterocycles. The van der Waals surface area contributed by atoms with Gasteiger partial charge in [0.15, 0.2) is 0 Å². The SMILES string of the molecule is CC(C)(C)C(CCN)CCCN(Cc1ccsc1)C1CC1. The molecule has 3 heteroatoms. The Kier molecular flexibility index (Phi) is 6.27. The third-order valence-corrected chi connectivity index (χ3v) is 5.50. The lowest BCUT2D eigenvalue weighted by Gasteiger charge is -2.31. The van der Waals surface area contributed by atoms with Crippen molar-refractivity contribution in [2.45, 2.75) is 65.5 Å². The highest BCUT2D eigenvalue weighted by molar-refractivity contribution is 7.07. The fourth-order valence-corrected chi connectivity index (χ4v) is 3.86. The Bertz CT molecular complexity index is 390. The molecule has 0 amide bonds. The van der Waals surface area contributed by atoms with Gasteiger partial charge in [-0.15, -0.1) is 0 Å². The van der Waals surface area contributed by atoms with Crippen LogP contribution >= 0.6 is 11.3 Å². The van der Waals surface area contributed by atoms with Gasteiger partial charge in [-0.05, 0) is 78.9 Å². The molecule has 1 aliphatic rings. The molecule has 2 nitrogen and oxygen atoms in total. The summed E-state index contributed by atoms with van der Waals surface area (Å²) in [6.45, 7) is 10.3. The van der Waals surface area contributed by atoms with Crippen molar-refractivity contribution in [3.8, 4) is 0 Å². The van der Waals surface area contributed by atoms with E-state index < -0.39 is 0 Å². The molecule has 0 saturated heterocycles. The van der Waals surface area contributed by atoms with Gasteiger partial charge < -0.3 is 5.73 Å². The Morgan fingerprint density at radius 3 is 2.62 bits per heavy atom. The third kappa shape index (κ3) is 5.72. The van der Waals surface area contributed by atoms with Crippen LogP contribution in [0.2, 0.25) is 0 Å². The first kappa shape index (κ1) is 17.0. The van der Waals surface area contributed by atoms with Crippen LogP contribution in [0.1, 0.15) is 58.4 Å². The quantitative estimate of drug-likeness (QED) is 0.727. The first-order valence-corrected chi connectivity index (χ1v) is 9.40. The van der Waals surface area contributed by atoms with Crippen LogP contribution < -0.4 is 5.73 Å². The van der Waals surface area contributed by atoms with Crippen LogP contribution in [0.4, 0.5) is 0 Å². The number of nitrogens with zero attached hydrogens (tertiary/aromatic N) is 1. The monoisotopic (exact) mass is 308 g/mol. The molecular formula is C18H32N2S. The standard InChI is InChI=1S/C18H32N2S/c1-18(2,3)16(8-10-19)5-4-11-20(17-6-7-17)13-15-9-12-21-14-15/h9,12,14,16-17H,4-8,10-11,13,19H2,1-3H3. The molecule has 0 radical (unpaired) electrons. The summed E-state index contributed by atoms with van der Waals surface area (Å²) in [5, 5.41) is 4.49. The molecule has 1 heterocycles. The van der Waals surface area contributed by atoms with Crippen LogP contribution in [-0.2, 0) is 6.54 Å². The van der Waals surface area contributed by atoms with E-state index in [1.54, 1.807) is 0 Å². The van der Waals surface area contributed by atoms with E-state index in [9.17, 15) is 0 Å². The van der Waals surface area contributed by atoms with Gasteiger partial charge in [-0.25, -0.2) is 0 Å². The molecule has 0 bridgehead atoms. The Balaban J connectivity index is 1.78. The van der Waals surface area contributed by atoms with Gasteiger partial charge in [-0.2, -0.15) is 11.3 Å². The van der Waals surface area contributed by atoms with E-state index in [2.05, 4.69) is 42.5 Å². The first-order valence-electron chi connectivity index (χ1n) is 8.46. The van der Waals surface area contributed by atoms with Gasteiger partial charge in [0.2, 0.25) is 0 Å². The molecule has 120 valence electrons. The summed E-state index contributed by atoms with van der Waals surface area (Å²) in [5.74, 6) is 0.754. The van der Waals surface area contributed by atoms with Crippen LogP contribution in [0.5, 0.6) is 0 Å². The van der Waals surface area contributed by atoms with Crippen LogP contribution in [0, 0.1) is 11.3 Å². The summed E-state index contributed by atoms with van der Waals surface area (Å²) in [4.78, 5) is 2.70. The zero-order chi connectivity index (χ0) is 15.3. The van der Waals surface area contributed by atoms with Crippen LogP contribution in [0.3, 0.4) is 0 Å². The smallest absolute Gasteiger partial charge is 0.0244 e. The third-order valence-electron chi connectivity index (χ3n) is 4.77. The number of thiophene rings is 1. The Hall–Kier alpha value is -0.380. The predicted molar refractivity (Wildman–Crippen MR) is 93.6 cm³/mol. The molecule has 1 unspecified atom stereocenters. The van der Waals surface area contributed by atoms with Gasteiger partial charge in [-0.1, -0.05) is 20.8 Å². The summed E-state index contributed by atoms with van der Waals surface area (Å²) >= 11 is 1.81. The summed E-state index contributed by atoms with van der Waals surface area (Å²) in [7, 11) is 0. The predicted octanol–water partition coefficient (Wildman–Crippen LogP) is 4.50. The van der Waals surface area contributed by atoms with E-state index in [0.29, 0.717) is 5.41 Å². The lowest BCUT2D eigenvalue weighted by Crippen LogP contribution is -2.29. The van der Waals surface area contributed by atoms with Crippen molar-refractivity contribution in [1.82, 2.24) is 4.90 Å². The van der Waals surface area contributed by atoms with Crippen LogP contribution in [0.25, 0.3) is 0 Å². The van der Waals surface area contributed by atoms with Gasteiger partial charge >= 0.3 is 0 Å². The zero-order valence-electron chi connectivity index (χ0n) is 14.0. The molecule has 2 rings (SSSR count). The molecule has 1 atom stereocenters. The number of hydrogen-bond acceptors (Lipinski definition) is 3. The fourth-order valence-electron chi connectivity index (χ4n) is 3.20. The molecular weight excluding hydrogens is 276 g/mol. The second kappa shape index (κ2) is 7.75. The molecule has 1 aromatic rings. The van der Waals surface area contributed by atoms with Gasteiger partial charge in [-0.3, -0.25) is 4.90 Å². The average molecular weight is 309 g/mol. The largest absolute Gasteiger partial charge is 0.330 e. The topological polar surface area (TPSA) is 29.3 Å². The number of rotatable bonds is 9. The summed E-state index contributed by atoms with van der Waals surface area (Å²) in [6, 6.07) is 3.12. The molecule has 1 saturated carbocycles. The van der Waals surface area contributed by atoms with Gasteiger partial charge in [0.05, 0.1) is 0 Å². The lowest BCUT2D eigenvalue weighted by molar-refractivity contribution is 0.188. The summed E-state index contributed by atoms with van der Waals surface area (Å²) in [5.41, 5.74) is 7.67. The van der Waals surface area contributed by atoms with Gasteiger partial charge in [0.1, 0.15) is 0 Å². The van der Waals surface area contributed by atoms with E-state index in [0.717, 1.165) is 31.5 Å². The maximum atomic E-state index is 5.80. The highest BCUT2D eigenvalue weighted by Crippen LogP contribution is 2.33. The van der Waals surface area contributed by atoms with Crippen molar-refractivity contribution in [1.29, 1.82) is 0 Å². The highest BCUT2D eigenvalue weighted by atomic mass is 32.1.